The Bertz CT molecular complexity index is 213. The van der Waals surface area contributed by atoms with Crippen LogP contribution in [0.5, 0.6) is 0 Å². The van der Waals surface area contributed by atoms with Gasteiger partial charge >= 0.3 is 6.09 Å². The Morgan fingerprint density at radius 2 is 2.21 bits per heavy atom. The van der Waals surface area contributed by atoms with Crippen molar-refractivity contribution in [3.05, 3.63) is 0 Å². The van der Waals surface area contributed by atoms with Gasteiger partial charge in [-0.05, 0) is 33.1 Å². The van der Waals surface area contributed by atoms with Gasteiger partial charge in [-0.2, -0.15) is 0 Å². The van der Waals surface area contributed by atoms with Gasteiger partial charge in [0.05, 0.1) is 0 Å². The van der Waals surface area contributed by atoms with Crippen LogP contribution < -0.4 is 0 Å². The smallest absolute Gasteiger partial charge is 0.410 e. The molecule has 1 rings (SSSR count). The van der Waals surface area contributed by atoms with Crippen LogP contribution in [0.15, 0.2) is 0 Å². The van der Waals surface area contributed by atoms with E-state index in [2.05, 4.69) is 0 Å². The van der Waals surface area contributed by atoms with Gasteiger partial charge in [-0.25, -0.2) is 4.79 Å². The molecule has 1 aliphatic rings. The van der Waals surface area contributed by atoms with Crippen molar-refractivity contribution in [2.75, 3.05) is 19.0 Å². The second kappa shape index (κ2) is 4.39. The number of ether oxygens (including phenoxy) is 1. The summed E-state index contributed by atoms with van der Waals surface area (Å²) in [6, 6.07) is 0. The molecule has 4 heteroatoms. The summed E-state index contributed by atoms with van der Waals surface area (Å²) in [4.78, 5) is 13.3. The van der Waals surface area contributed by atoms with Crippen molar-refractivity contribution in [3.63, 3.8) is 0 Å². The average molecular weight is 220 g/mol. The molecule has 0 aromatic carbocycles. The number of rotatable bonds is 1. The summed E-state index contributed by atoms with van der Waals surface area (Å²) >= 11 is 5.73. The predicted molar refractivity (Wildman–Crippen MR) is 56.6 cm³/mol. The summed E-state index contributed by atoms with van der Waals surface area (Å²) in [6.07, 6.45) is 0.771. The molecule has 1 aliphatic heterocycles. The summed E-state index contributed by atoms with van der Waals surface area (Å²) in [6.45, 7) is 7.13. The fourth-order valence-electron chi connectivity index (χ4n) is 1.45. The van der Waals surface area contributed by atoms with E-state index in [9.17, 15) is 4.79 Å². The highest BCUT2D eigenvalue weighted by molar-refractivity contribution is 6.18. The van der Waals surface area contributed by atoms with E-state index in [4.69, 9.17) is 16.3 Å². The van der Waals surface area contributed by atoms with E-state index in [0.717, 1.165) is 19.5 Å². The number of amides is 1. The zero-order chi connectivity index (χ0) is 10.8. The third-order valence-corrected chi connectivity index (χ3v) is 2.59. The van der Waals surface area contributed by atoms with Crippen LogP contribution in [0.4, 0.5) is 4.79 Å². The standard InChI is InChI=1S/C10H18ClNO2/c1-10(2,3)14-9(13)12-5-4-8(6-11)7-12/h8H,4-7H2,1-3H3/t8-/m1/s1. The first kappa shape index (κ1) is 11.6. The fourth-order valence-corrected chi connectivity index (χ4v) is 1.70. The molecule has 0 aliphatic carbocycles. The molecule has 0 N–H and O–H groups in total. The average Bonchev–Trinajstić information content (AvgIpc) is 2.48. The van der Waals surface area contributed by atoms with Crippen molar-refractivity contribution >= 4 is 17.7 Å². The second-order valence-electron chi connectivity index (χ2n) is 4.74. The molecule has 1 amide bonds. The minimum Gasteiger partial charge on any atom is -0.444 e. The van der Waals surface area contributed by atoms with Gasteiger partial charge in [-0.3, -0.25) is 0 Å². The summed E-state index contributed by atoms with van der Waals surface area (Å²) in [5.41, 5.74) is -0.407. The normalized spacial score (nSPS) is 22.6. The zero-order valence-electron chi connectivity index (χ0n) is 9.05. The lowest BCUT2D eigenvalue weighted by Gasteiger charge is -2.24. The molecule has 1 heterocycles. The number of alkyl halides is 1. The monoisotopic (exact) mass is 219 g/mol. The van der Waals surface area contributed by atoms with Gasteiger partial charge < -0.3 is 9.64 Å². The Morgan fingerprint density at radius 1 is 1.57 bits per heavy atom. The third-order valence-electron chi connectivity index (χ3n) is 2.16. The summed E-state index contributed by atoms with van der Waals surface area (Å²) < 4.78 is 5.26. The number of carbonyl (C=O) groups excluding carboxylic acids is 1. The molecule has 0 radical (unpaired) electrons. The number of hydrogen-bond donors (Lipinski definition) is 0. The van der Waals surface area contributed by atoms with Gasteiger partial charge in [-0.1, -0.05) is 0 Å². The molecule has 1 atom stereocenters. The van der Waals surface area contributed by atoms with Gasteiger partial charge in [0.1, 0.15) is 5.60 Å². The van der Waals surface area contributed by atoms with Crippen LogP contribution in [0.2, 0.25) is 0 Å². The van der Waals surface area contributed by atoms with E-state index >= 15 is 0 Å². The Balaban J connectivity index is 2.40. The van der Waals surface area contributed by atoms with Crippen molar-refractivity contribution in [1.29, 1.82) is 0 Å². The quantitative estimate of drug-likeness (QED) is 0.635. The molecule has 82 valence electrons. The van der Waals surface area contributed by atoms with Crippen molar-refractivity contribution in [3.8, 4) is 0 Å². The Morgan fingerprint density at radius 3 is 2.64 bits per heavy atom. The lowest BCUT2D eigenvalue weighted by atomic mass is 10.2. The highest BCUT2D eigenvalue weighted by atomic mass is 35.5. The Kier molecular flexibility index (Phi) is 3.65. The molecule has 0 aromatic heterocycles. The first-order valence-corrected chi connectivity index (χ1v) is 5.49. The minimum absolute atomic E-state index is 0.217. The van der Waals surface area contributed by atoms with Gasteiger partial charge in [0.15, 0.2) is 0 Å². The van der Waals surface area contributed by atoms with Crippen LogP contribution in [0, 0.1) is 5.92 Å². The van der Waals surface area contributed by atoms with Crippen LogP contribution in [-0.2, 0) is 4.74 Å². The number of likely N-dealkylation sites (tertiary alicyclic amines) is 1. The van der Waals surface area contributed by atoms with E-state index in [1.54, 1.807) is 4.90 Å². The van der Waals surface area contributed by atoms with Crippen molar-refractivity contribution in [2.24, 2.45) is 5.92 Å². The van der Waals surface area contributed by atoms with Crippen LogP contribution in [0.1, 0.15) is 27.2 Å². The Hall–Kier alpha value is -0.440. The van der Waals surface area contributed by atoms with E-state index in [-0.39, 0.29) is 6.09 Å². The molecule has 0 saturated carbocycles. The van der Waals surface area contributed by atoms with Gasteiger partial charge in [0.25, 0.3) is 0 Å². The summed E-state index contributed by atoms with van der Waals surface area (Å²) in [5.74, 6) is 1.06. The zero-order valence-corrected chi connectivity index (χ0v) is 9.80. The number of hydrogen-bond acceptors (Lipinski definition) is 2. The van der Waals surface area contributed by atoms with Gasteiger partial charge in [0.2, 0.25) is 0 Å². The maximum Gasteiger partial charge on any atom is 0.410 e. The van der Waals surface area contributed by atoms with E-state index < -0.39 is 5.60 Å². The third kappa shape index (κ3) is 3.37. The molecule has 0 aromatic rings. The molecule has 0 bridgehead atoms. The van der Waals surface area contributed by atoms with Crippen LogP contribution in [0.25, 0.3) is 0 Å². The lowest BCUT2D eigenvalue weighted by molar-refractivity contribution is 0.0289. The highest BCUT2D eigenvalue weighted by Gasteiger charge is 2.28. The molecule has 0 unspecified atom stereocenters. The molecule has 3 nitrogen and oxygen atoms in total. The highest BCUT2D eigenvalue weighted by Crippen LogP contribution is 2.20. The number of carbonyl (C=O) groups is 1. The van der Waals surface area contributed by atoms with Crippen molar-refractivity contribution in [1.82, 2.24) is 4.90 Å². The first-order valence-electron chi connectivity index (χ1n) is 4.96. The maximum atomic E-state index is 11.6. The summed E-state index contributed by atoms with van der Waals surface area (Å²) in [5, 5.41) is 0. The number of nitrogens with zero attached hydrogens (tertiary/aromatic N) is 1. The largest absolute Gasteiger partial charge is 0.444 e. The van der Waals surface area contributed by atoms with Gasteiger partial charge in [-0.15, -0.1) is 11.6 Å². The van der Waals surface area contributed by atoms with E-state index in [0.29, 0.717) is 11.8 Å². The number of halogens is 1. The SMILES string of the molecule is CC(C)(C)OC(=O)N1CC[C@H](CCl)C1. The maximum absolute atomic E-state index is 11.6. The molecular formula is C10H18ClNO2. The molecule has 1 fully saturated rings. The lowest BCUT2D eigenvalue weighted by Crippen LogP contribution is -2.35. The van der Waals surface area contributed by atoms with Crippen molar-refractivity contribution < 1.29 is 9.53 Å². The topological polar surface area (TPSA) is 29.5 Å². The van der Waals surface area contributed by atoms with E-state index in [1.807, 2.05) is 20.8 Å². The minimum atomic E-state index is -0.407. The van der Waals surface area contributed by atoms with Gasteiger partial charge in [0, 0.05) is 19.0 Å². The fraction of sp³-hybridized carbons (Fsp3) is 0.900. The molecule has 1 saturated heterocycles. The van der Waals surface area contributed by atoms with Crippen LogP contribution >= 0.6 is 11.6 Å². The molecular weight excluding hydrogens is 202 g/mol. The van der Waals surface area contributed by atoms with E-state index in [1.165, 1.54) is 0 Å². The molecule has 0 spiro atoms. The first-order chi connectivity index (χ1) is 6.42. The Labute approximate surface area is 90.4 Å². The molecule has 14 heavy (non-hydrogen) atoms. The van der Waals surface area contributed by atoms with Crippen LogP contribution in [0.3, 0.4) is 0 Å². The second-order valence-corrected chi connectivity index (χ2v) is 5.04. The summed E-state index contributed by atoms with van der Waals surface area (Å²) in [7, 11) is 0. The predicted octanol–water partition coefficient (Wildman–Crippen LogP) is 2.48. The van der Waals surface area contributed by atoms with Crippen LogP contribution in [-0.4, -0.2) is 35.6 Å². The van der Waals surface area contributed by atoms with Crippen molar-refractivity contribution in [2.45, 2.75) is 32.8 Å².